The van der Waals surface area contributed by atoms with Crippen molar-refractivity contribution >= 4 is 22.8 Å². The highest BCUT2D eigenvalue weighted by molar-refractivity contribution is 5.94. The summed E-state index contributed by atoms with van der Waals surface area (Å²) in [5, 5.41) is 2.88. The molecule has 0 aliphatic rings. The first-order valence-electron chi connectivity index (χ1n) is 9.18. The number of fused-ring (bicyclic) bond motifs is 1. The second-order valence-corrected chi connectivity index (χ2v) is 6.56. The second kappa shape index (κ2) is 8.73. The van der Waals surface area contributed by atoms with E-state index in [9.17, 15) is 9.59 Å². The van der Waals surface area contributed by atoms with Crippen LogP contribution in [0, 0.1) is 0 Å². The summed E-state index contributed by atoms with van der Waals surface area (Å²) < 4.78 is 16.1. The third-order valence-corrected chi connectivity index (χ3v) is 4.69. The van der Waals surface area contributed by atoms with Gasteiger partial charge < -0.3 is 24.4 Å². The molecule has 0 fully saturated rings. The lowest BCUT2D eigenvalue weighted by Crippen LogP contribution is -2.23. The highest BCUT2D eigenvalue weighted by atomic mass is 16.5. The molecule has 158 valence electrons. The van der Waals surface area contributed by atoms with E-state index < -0.39 is 0 Å². The topological polar surface area (TPSA) is 106 Å². The predicted molar refractivity (Wildman–Crippen MR) is 114 cm³/mol. The van der Waals surface area contributed by atoms with Crippen molar-refractivity contribution in [3.05, 3.63) is 51.8 Å². The number of rotatable bonds is 7. The molecule has 3 aromatic rings. The number of nitrogens with zero attached hydrogens (tertiary/aromatic N) is 2. The van der Waals surface area contributed by atoms with Crippen molar-refractivity contribution in [1.82, 2.24) is 15.3 Å². The molecule has 0 bridgehead atoms. The quantitative estimate of drug-likeness (QED) is 0.611. The van der Waals surface area contributed by atoms with Gasteiger partial charge in [-0.15, -0.1) is 0 Å². The minimum absolute atomic E-state index is 0.162. The van der Waals surface area contributed by atoms with Gasteiger partial charge in [0, 0.05) is 32.3 Å². The molecular weight excluding hydrogens is 388 g/mol. The van der Waals surface area contributed by atoms with Crippen molar-refractivity contribution in [2.75, 3.05) is 40.3 Å². The zero-order chi connectivity index (χ0) is 21.8. The number of aromatic nitrogens is 2. The average Bonchev–Trinajstić information content (AvgIpc) is 2.76. The smallest absolute Gasteiger partial charge is 0.264 e. The van der Waals surface area contributed by atoms with Gasteiger partial charge in [-0.3, -0.25) is 14.6 Å². The van der Waals surface area contributed by atoms with Crippen molar-refractivity contribution in [1.29, 1.82) is 0 Å². The van der Waals surface area contributed by atoms with Crippen LogP contribution in [0.2, 0.25) is 0 Å². The molecule has 3 rings (SSSR count). The summed E-state index contributed by atoms with van der Waals surface area (Å²) in [7, 11) is 7.82. The van der Waals surface area contributed by atoms with Gasteiger partial charge in [0.25, 0.3) is 11.5 Å². The van der Waals surface area contributed by atoms with E-state index in [0.29, 0.717) is 35.1 Å². The van der Waals surface area contributed by atoms with Gasteiger partial charge >= 0.3 is 0 Å². The summed E-state index contributed by atoms with van der Waals surface area (Å²) >= 11 is 0. The maximum Gasteiger partial charge on any atom is 0.264 e. The lowest BCUT2D eigenvalue weighted by Gasteiger charge is -2.19. The average molecular weight is 412 g/mol. The minimum Gasteiger partial charge on any atom is -0.493 e. The maximum atomic E-state index is 12.8. The molecule has 0 saturated carbocycles. The SMILES string of the molecule is CNC(=O)c1cccc(CN(C)c2nc3cc(OC)c(OC)c(OC)c3c(=O)[nH]2)c1. The molecule has 0 atom stereocenters. The normalized spacial score (nSPS) is 10.6. The molecule has 0 aliphatic carbocycles. The van der Waals surface area contributed by atoms with Gasteiger partial charge in [-0.25, -0.2) is 4.98 Å². The van der Waals surface area contributed by atoms with E-state index >= 15 is 0 Å². The van der Waals surface area contributed by atoms with Crippen LogP contribution in [-0.2, 0) is 6.54 Å². The van der Waals surface area contributed by atoms with Gasteiger partial charge in [-0.05, 0) is 17.7 Å². The molecule has 9 nitrogen and oxygen atoms in total. The second-order valence-electron chi connectivity index (χ2n) is 6.56. The number of aromatic amines is 1. The molecule has 0 spiro atoms. The van der Waals surface area contributed by atoms with Gasteiger partial charge in [0.2, 0.25) is 11.7 Å². The van der Waals surface area contributed by atoms with Crippen molar-refractivity contribution in [3.8, 4) is 17.2 Å². The van der Waals surface area contributed by atoms with Crippen LogP contribution in [0.25, 0.3) is 10.9 Å². The van der Waals surface area contributed by atoms with Gasteiger partial charge in [-0.2, -0.15) is 0 Å². The summed E-state index contributed by atoms with van der Waals surface area (Å²) in [4.78, 5) is 33.8. The third-order valence-electron chi connectivity index (χ3n) is 4.69. The number of carbonyl (C=O) groups excluding carboxylic acids is 1. The molecule has 2 aromatic carbocycles. The van der Waals surface area contributed by atoms with Crippen LogP contribution in [0.4, 0.5) is 5.95 Å². The number of nitrogens with one attached hydrogen (secondary N) is 2. The number of amides is 1. The van der Waals surface area contributed by atoms with Crippen LogP contribution < -0.4 is 30.0 Å². The minimum atomic E-state index is -0.362. The summed E-state index contributed by atoms with van der Waals surface area (Å²) in [6.45, 7) is 0.434. The van der Waals surface area contributed by atoms with Crippen molar-refractivity contribution < 1.29 is 19.0 Å². The lowest BCUT2D eigenvalue weighted by atomic mass is 10.1. The van der Waals surface area contributed by atoms with Crippen molar-refractivity contribution in [2.45, 2.75) is 6.54 Å². The first-order chi connectivity index (χ1) is 14.4. The summed E-state index contributed by atoms with van der Waals surface area (Å²) in [5.41, 5.74) is 1.50. The molecule has 2 N–H and O–H groups in total. The van der Waals surface area contributed by atoms with Crippen LogP contribution in [0.3, 0.4) is 0 Å². The molecule has 1 aromatic heterocycles. The number of carbonyl (C=O) groups is 1. The molecule has 9 heteroatoms. The van der Waals surface area contributed by atoms with Crippen LogP contribution in [-0.4, -0.2) is 51.3 Å². The Morgan fingerprint density at radius 3 is 2.50 bits per heavy atom. The Bertz CT molecular complexity index is 1140. The van der Waals surface area contributed by atoms with E-state index in [2.05, 4.69) is 15.3 Å². The molecule has 1 amide bonds. The van der Waals surface area contributed by atoms with Gasteiger partial charge in [0.15, 0.2) is 11.5 Å². The summed E-state index contributed by atoms with van der Waals surface area (Å²) in [6, 6.07) is 8.89. The third kappa shape index (κ3) is 3.86. The number of hydrogen-bond acceptors (Lipinski definition) is 7. The fourth-order valence-electron chi connectivity index (χ4n) is 3.24. The molecule has 0 aliphatic heterocycles. The van der Waals surface area contributed by atoms with Crippen LogP contribution in [0.1, 0.15) is 15.9 Å². The number of anilines is 1. The highest BCUT2D eigenvalue weighted by Crippen LogP contribution is 2.41. The Hall–Kier alpha value is -3.75. The zero-order valence-electron chi connectivity index (χ0n) is 17.5. The molecule has 30 heavy (non-hydrogen) atoms. The van der Waals surface area contributed by atoms with E-state index in [-0.39, 0.29) is 22.6 Å². The standard InChI is InChI=1S/C21H24N4O5/c1-22-19(26)13-8-6-7-12(9-13)11-25(2)21-23-14-10-15(28-3)17(29-4)18(30-5)16(14)20(27)24-21/h6-10H,11H2,1-5H3,(H,22,26)(H,23,24,27). The fraction of sp³-hybridized carbons (Fsp3) is 0.286. The van der Waals surface area contributed by atoms with Crippen LogP contribution in [0.15, 0.2) is 35.1 Å². The monoisotopic (exact) mass is 412 g/mol. The largest absolute Gasteiger partial charge is 0.493 e. The molecule has 1 heterocycles. The number of hydrogen-bond donors (Lipinski definition) is 2. The molecule has 0 radical (unpaired) electrons. The molecular formula is C21H24N4O5. The summed E-state index contributed by atoms with van der Waals surface area (Å²) in [5.74, 6) is 1.20. The molecule has 0 unspecified atom stereocenters. The Morgan fingerprint density at radius 2 is 1.87 bits per heavy atom. The van der Waals surface area contributed by atoms with E-state index in [1.807, 2.05) is 12.1 Å². The Balaban J connectivity index is 2.03. The fourth-order valence-corrected chi connectivity index (χ4v) is 3.24. The number of methoxy groups -OCH3 is 3. The van der Waals surface area contributed by atoms with E-state index in [0.717, 1.165) is 5.56 Å². The van der Waals surface area contributed by atoms with E-state index in [4.69, 9.17) is 14.2 Å². The molecule has 0 saturated heterocycles. The number of ether oxygens (including phenoxy) is 3. The van der Waals surface area contributed by atoms with Crippen LogP contribution in [0.5, 0.6) is 17.2 Å². The Kier molecular flexibility index (Phi) is 6.10. The first-order valence-corrected chi connectivity index (χ1v) is 9.18. The Morgan fingerprint density at radius 1 is 1.13 bits per heavy atom. The Labute approximate surface area is 173 Å². The van der Waals surface area contributed by atoms with E-state index in [1.54, 1.807) is 37.2 Å². The van der Waals surface area contributed by atoms with Gasteiger partial charge in [0.1, 0.15) is 5.39 Å². The first kappa shape index (κ1) is 21.0. The van der Waals surface area contributed by atoms with E-state index in [1.165, 1.54) is 21.3 Å². The van der Waals surface area contributed by atoms with Gasteiger partial charge in [-0.1, -0.05) is 12.1 Å². The highest BCUT2D eigenvalue weighted by Gasteiger charge is 2.20. The number of benzene rings is 2. The van der Waals surface area contributed by atoms with Crippen molar-refractivity contribution in [2.24, 2.45) is 0 Å². The zero-order valence-corrected chi connectivity index (χ0v) is 17.5. The summed E-state index contributed by atoms with van der Waals surface area (Å²) in [6.07, 6.45) is 0. The predicted octanol–water partition coefficient (Wildman–Crippen LogP) is 1.94. The number of H-pyrrole nitrogens is 1. The lowest BCUT2D eigenvalue weighted by molar-refractivity contribution is 0.0963. The maximum absolute atomic E-state index is 12.8. The van der Waals surface area contributed by atoms with Crippen molar-refractivity contribution in [3.63, 3.8) is 0 Å². The van der Waals surface area contributed by atoms with Crippen LogP contribution >= 0.6 is 0 Å². The van der Waals surface area contributed by atoms with Gasteiger partial charge in [0.05, 0.1) is 26.8 Å².